The van der Waals surface area contributed by atoms with E-state index in [4.69, 9.17) is 0 Å². The molecule has 1 heteroatoms. The van der Waals surface area contributed by atoms with Crippen LogP contribution in [0.4, 0.5) is 17.1 Å². The van der Waals surface area contributed by atoms with Crippen LogP contribution in [-0.2, 0) is 25.7 Å². The molecule has 0 N–H and O–H groups in total. The van der Waals surface area contributed by atoms with Crippen molar-refractivity contribution in [1.82, 2.24) is 0 Å². The van der Waals surface area contributed by atoms with E-state index in [0.29, 0.717) is 0 Å². The zero-order valence-electron chi connectivity index (χ0n) is 19.4. The van der Waals surface area contributed by atoms with Crippen molar-refractivity contribution in [2.24, 2.45) is 0 Å². The normalized spacial score (nSPS) is 14.9. The summed E-state index contributed by atoms with van der Waals surface area (Å²) in [5.74, 6) is 0. The van der Waals surface area contributed by atoms with Gasteiger partial charge < -0.3 is 4.90 Å². The lowest BCUT2D eigenvalue weighted by molar-refractivity contribution is 1.01. The highest BCUT2D eigenvalue weighted by molar-refractivity contribution is 5.94. The minimum Gasteiger partial charge on any atom is -0.309 e. The Morgan fingerprint density at radius 3 is 1.91 bits per heavy atom. The van der Waals surface area contributed by atoms with Gasteiger partial charge in [0, 0.05) is 18.5 Å². The maximum atomic E-state index is 2.56. The Morgan fingerprint density at radius 2 is 1.06 bits per heavy atom. The topological polar surface area (TPSA) is 3.24 Å². The van der Waals surface area contributed by atoms with Crippen LogP contribution in [0.2, 0.25) is 0 Å². The fraction of sp³-hybridized carbons (Fsp3) is 0.118. The maximum absolute atomic E-state index is 2.56. The number of benzene rings is 5. The third-order valence-electron chi connectivity index (χ3n) is 8.73. The largest absolute Gasteiger partial charge is 0.309 e. The SMILES string of the molecule is c1ccc2c(c1)Cc1c-2ccc2c1Cc1cc3c(cc1-2)N1c2ccccc2Cc2cccc(c21)C3. The second-order valence-corrected chi connectivity index (χ2v) is 10.5. The molecule has 0 spiro atoms. The van der Waals surface area contributed by atoms with Crippen LogP contribution in [0.5, 0.6) is 0 Å². The Morgan fingerprint density at radius 1 is 0.400 bits per heavy atom. The first-order valence-corrected chi connectivity index (χ1v) is 12.7. The highest BCUT2D eigenvalue weighted by Crippen LogP contribution is 2.53. The fourth-order valence-corrected chi connectivity index (χ4v) is 7.23. The summed E-state index contributed by atoms with van der Waals surface area (Å²) in [6.07, 6.45) is 4.16. The van der Waals surface area contributed by atoms with E-state index in [1.54, 1.807) is 11.1 Å². The molecule has 0 saturated heterocycles. The average molecular weight is 446 g/mol. The zero-order chi connectivity index (χ0) is 22.7. The molecule has 35 heavy (non-hydrogen) atoms. The molecule has 0 fully saturated rings. The number of nitrogens with zero attached hydrogens (tertiary/aromatic N) is 1. The molecule has 1 nitrogen and oxygen atoms in total. The van der Waals surface area contributed by atoms with Crippen LogP contribution in [0.1, 0.15) is 44.5 Å². The number of anilines is 3. The highest BCUT2D eigenvalue weighted by atomic mass is 15.2. The van der Waals surface area contributed by atoms with Gasteiger partial charge in [0.1, 0.15) is 0 Å². The van der Waals surface area contributed by atoms with Gasteiger partial charge in [-0.1, -0.05) is 78.9 Å². The zero-order valence-corrected chi connectivity index (χ0v) is 19.4. The van der Waals surface area contributed by atoms with E-state index in [0.717, 1.165) is 25.7 Å². The molecule has 164 valence electrons. The van der Waals surface area contributed by atoms with Crippen LogP contribution >= 0.6 is 0 Å². The van der Waals surface area contributed by atoms with Gasteiger partial charge in [-0.3, -0.25) is 0 Å². The van der Waals surface area contributed by atoms with Crippen molar-refractivity contribution in [3.8, 4) is 22.3 Å². The summed E-state index contributed by atoms with van der Waals surface area (Å²) in [4.78, 5) is 2.56. The van der Waals surface area contributed by atoms with E-state index in [-0.39, 0.29) is 0 Å². The summed E-state index contributed by atoms with van der Waals surface area (Å²) < 4.78 is 0. The van der Waals surface area contributed by atoms with E-state index >= 15 is 0 Å². The average Bonchev–Trinajstić information content (AvgIpc) is 3.45. The minimum absolute atomic E-state index is 1.02. The van der Waals surface area contributed by atoms with Crippen LogP contribution in [0.3, 0.4) is 0 Å². The van der Waals surface area contributed by atoms with Gasteiger partial charge in [0.2, 0.25) is 0 Å². The summed E-state index contributed by atoms with van der Waals surface area (Å²) in [6, 6.07) is 34.6. The van der Waals surface area contributed by atoms with Crippen molar-refractivity contribution in [3.05, 3.63) is 136 Å². The first-order chi connectivity index (χ1) is 17.3. The Bertz CT molecular complexity index is 1760. The van der Waals surface area contributed by atoms with Gasteiger partial charge in [-0.2, -0.15) is 0 Å². The molecule has 5 aromatic rings. The molecule has 2 heterocycles. The van der Waals surface area contributed by atoms with Gasteiger partial charge in [0.05, 0.1) is 11.4 Å². The molecule has 9 rings (SSSR count). The number of hydrogen-bond donors (Lipinski definition) is 0. The summed E-state index contributed by atoms with van der Waals surface area (Å²) in [5.41, 5.74) is 21.7. The van der Waals surface area contributed by atoms with Crippen molar-refractivity contribution < 1.29 is 0 Å². The molecule has 2 aliphatic carbocycles. The van der Waals surface area contributed by atoms with Crippen LogP contribution in [0, 0.1) is 0 Å². The molecule has 0 saturated carbocycles. The van der Waals surface area contributed by atoms with Crippen molar-refractivity contribution in [3.63, 3.8) is 0 Å². The van der Waals surface area contributed by atoms with E-state index in [1.165, 1.54) is 72.7 Å². The molecule has 0 bridgehead atoms. The molecule has 0 aromatic heterocycles. The summed E-state index contributed by atoms with van der Waals surface area (Å²) >= 11 is 0. The lowest BCUT2D eigenvalue weighted by atomic mass is 9.85. The molecule has 0 radical (unpaired) electrons. The first-order valence-electron chi connectivity index (χ1n) is 12.7. The van der Waals surface area contributed by atoms with Crippen LogP contribution < -0.4 is 4.90 Å². The quantitative estimate of drug-likeness (QED) is 0.228. The highest BCUT2D eigenvalue weighted by Gasteiger charge is 2.34. The first kappa shape index (κ1) is 18.3. The molecule has 5 aromatic carbocycles. The van der Waals surface area contributed by atoms with E-state index in [2.05, 4.69) is 95.9 Å². The molecule has 0 amide bonds. The predicted octanol–water partition coefficient (Wildman–Crippen LogP) is 8.11. The number of fused-ring (bicyclic) bond motifs is 11. The second kappa shape index (κ2) is 6.31. The van der Waals surface area contributed by atoms with Crippen molar-refractivity contribution in [2.75, 3.05) is 4.90 Å². The standard InChI is InChI=1S/C34H23N/c1-3-10-26-20(6-1)17-30-27(26)12-13-28-29-19-33-25(16-24(29)18-31(28)30)15-23-9-5-8-22-14-21-7-2-4-11-32(21)35(33)34(22)23/h1-13,16,19H,14-15,17-18H2. The monoisotopic (exact) mass is 445 g/mol. The Labute approximate surface area is 205 Å². The number of para-hydroxylation sites is 2. The van der Waals surface area contributed by atoms with E-state index in [9.17, 15) is 0 Å². The van der Waals surface area contributed by atoms with Crippen molar-refractivity contribution in [2.45, 2.75) is 25.7 Å². The van der Waals surface area contributed by atoms with Gasteiger partial charge in [0.25, 0.3) is 0 Å². The lowest BCUT2D eigenvalue weighted by Gasteiger charge is -2.39. The second-order valence-electron chi connectivity index (χ2n) is 10.5. The maximum Gasteiger partial charge on any atom is 0.0532 e. The van der Waals surface area contributed by atoms with Gasteiger partial charge in [-0.15, -0.1) is 0 Å². The third kappa shape index (κ3) is 2.29. The summed E-state index contributed by atoms with van der Waals surface area (Å²) in [7, 11) is 0. The molecular weight excluding hydrogens is 422 g/mol. The summed E-state index contributed by atoms with van der Waals surface area (Å²) in [5, 5.41) is 0. The Hall–Kier alpha value is -4.10. The lowest BCUT2D eigenvalue weighted by Crippen LogP contribution is -2.24. The smallest absolute Gasteiger partial charge is 0.0532 e. The van der Waals surface area contributed by atoms with E-state index < -0.39 is 0 Å². The van der Waals surface area contributed by atoms with Gasteiger partial charge in [-0.25, -0.2) is 0 Å². The Balaban J connectivity index is 1.26. The van der Waals surface area contributed by atoms with Crippen LogP contribution in [-0.4, -0.2) is 0 Å². The van der Waals surface area contributed by atoms with Gasteiger partial charge in [-0.05, 0) is 91.7 Å². The minimum atomic E-state index is 1.02. The van der Waals surface area contributed by atoms with Crippen molar-refractivity contribution in [1.29, 1.82) is 0 Å². The Kier molecular flexibility index (Phi) is 3.29. The predicted molar refractivity (Wildman–Crippen MR) is 143 cm³/mol. The molecule has 2 aliphatic heterocycles. The molecule has 4 aliphatic rings. The van der Waals surface area contributed by atoms with Crippen LogP contribution in [0.15, 0.2) is 91.0 Å². The summed E-state index contributed by atoms with van der Waals surface area (Å²) in [6.45, 7) is 0. The number of rotatable bonds is 0. The van der Waals surface area contributed by atoms with Crippen LogP contribution in [0.25, 0.3) is 22.3 Å². The third-order valence-corrected chi connectivity index (χ3v) is 8.73. The van der Waals surface area contributed by atoms with Crippen molar-refractivity contribution >= 4 is 17.1 Å². The molecular formula is C34H23N. The molecule has 0 atom stereocenters. The van der Waals surface area contributed by atoms with Gasteiger partial charge >= 0.3 is 0 Å². The van der Waals surface area contributed by atoms with E-state index in [1.807, 2.05) is 0 Å². The molecule has 0 unspecified atom stereocenters. The number of hydrogen-bond acceptors (Lipinski definition) is 1. The van der Waals surface area contributed by atoms with Gasteiger partial charge in [0.15, 0.2) is 0 Å². The fourth-order valence-electron chi connectivity index (χ4n) is 7.23.